The predicted molar refractivity (Wildman–Crippen MR) is 140 cm³/mol. The van der Waals surface area contributed by atoms with Crippen LogP contribution >= 0.6 is 11.6 Å². The maximum absolute atomic E-state index is 13.6. The Morgan fingerprint density at radius 2 is 1.53 bits per heavy atom. The molecule has 1 aliphatic carbocycles. The Morgan fingerprint density at radius 1 is 0.806 bits per heavy atom. The van der Waals surface area contributed by atoms with Gasteiger partial charge in [-0.2, -0.15) is 12.8 Å². The molecule has 0 fully saturated rings. The molecule has 0 unspecified atom stereocenters. The SMILES string of the molecule is O=C1C(Nc2ccc(Cl)cc2)=CC(=NS(=O)(=O)c2ccc3c4c(cccc24)C(=O)N3)c2ccccc21. The molecule has 0 spiro atoms. The van der Waals surface area contributed by atoms with Crippen LogP contribution in [0.2, 0.25) is 5.02 Å². The highest BCUT2D eigenvalue weighted by molar-refractivity contribution is 7.90. The van der Waals surface area contributed by atoms with Crippen molar-refractivity contribution >= 4 is 61.2 Å². The van der Waals surface area contributed by atoms with E-state index in [4.69, 9.17) is 11.6 Å². The third-order valence-corrected chi connectivity index (χ3v) is 7.69. The van der Waals surface area contributed by atoms with Crippen molar-refractivity contribution in [3.05, 3.63) is 112 Å². The van der Waals surface area contributed by atoms with Gasteiger partial charge in [-0.3, -0.25) is 9.59 Å². The Labute approximate surface area is 211 Å². The van der Waals surface area contributed by atoms with Crippen molar-refractivity contribution < 1.29 is 18.0 Å². The van der Waals surface area contributed by atoms with Gasteiger partial charge in [-0.25, -0.2) is 0 Å². The van der Waals surface area contributed by atoms with E-state index in [1.165, 1.54) is 12.1 Å². The number of hydrogen-bond acceptors (Lipinski definition) is 5. The average molecular weight is 514 g/mol. The van der Waals surface area contributed by atoms with E-state index in [1.807, 2.05) is 0 Å². The van der Waals surface area contributed by atoms with Crippen molar-refractivity contribution in [2.24, 2.45) is 4.40 Å². The van der Waals surface area contributed by atoms with Crippen LogP contribution in [-0.4, -0.2) is 25.8 Å². The molecule has 0 atom stereocenters. The lowest BCUT2D eigenvalue weighted by atomic mass is 9.92. The Bertz CT molecular complexity index is 1790. The van der Waals surface area contributed by atoms with Crippen LogP contribution in [0.15, 0.2) is 99.9 Å². The van der Waals surface area contributed by atoms with Crippen molar-refractivity contribution in [1.82, 2.24) is 0 Å². The van der Waals surface area contributed by atoms with E-state index in [2.05, 4.69) is 15.0 Å². The molecule has 9 heteroatoms. The summed E-state index contributed by atoms with van der Waals surface area (Å²) in [5.74, 6) is -0.566. The highest BCUT2D eigenvalue weighted by Gasteiger charge is 2.29. The number of amides is 1. The van der Waals surface area contributed by atoms with Crippen LogP contribution in [0.4, 0.5) is 11.4 Å². The topological polar surface area (TPSA) is 105 Å². The van der Waals surface area contributed by atoms with Gasteiger partial charge in [-0.05, 0) is 48.5 Å². The lowest BCUT2D eigenvalue weighted by Gasteiger charge is -2.19. The minimum Gasteiger partial charge on any atom is -0.352 e. The monoisotopic (exact) mass is 513 g/mol. The number of carbonyl (C=O) groups excluding carboxylic acids is 2. The molecule has 1 amide bonds. The summed E-state index contributed by atoms with van der Waals surface area (Å²) in [7, 11) is -4.22. The van der Waals surface area contributed by atoms with Gasteiger partial charge in [0, 0.05) is 43.9 Å². The van der Waals surface area contributed by atoms with Crippen LogP contribution in [0.5, 0.6) is 0 Å². The highest BCUT2D eigenvalue weighted by Crippen LogP contribution is 2.37. The summed E-state index contributed by atoms with van der Waals surface area (Å²) in [5, 5.41) is 7.28. The van der Waals surface area contributed by atoms with Crippen molar-refractivity contribution in [2.45, 2.75) is 4.90 Å². The molecule has 2 N–H and O–H groups in total. The standard InChI is InChI=1S/C27H16ClN3O4S/c28-15-8-10-16(11-9-15)29-23-14-22(17-4-1-2-5-18(17)26(23)32)31-36(34,35)24-13-12-21-25-19(24)6-3-7-20(25)27(33)30-21/h1-14,29H,(H,30,33). The Balaban J connectivity index is 1.50. The van der Waals surface area contributed by atoms with E-state index in [0.29, 0.717) is 43.9 Å². The van der Waals surface area contributed by atoms with Crippen molar-refractivity contribution in [3.8, 4) is 0 Å². The second-order valence-corrected chi connectivity index (χ2v) is 10.3. The Kier molecular flexibility index (Phi) is 5.03. The molecule has 0 aromatic heterocycles. The van der Waals surface area contributed by atoms with Gasteiger partial charge in [0.2, 0.25) is 5.78 Å². The molecule has 2 aliphatic rings. The van der Waals surface area contributed by atoms with Crippen LogP contribution in [0.3, 0.4) is 0 Å². The number of nitrogens with one attached hydrogen (secondary N) is 2. The third kappa shape index (κ3) is 3.59. The molecule has 4 aromatic carbocycles. The Hall–Kier alpha value is -4.27. The first-order chi connectivity index (χ1) is 17.3. The number of anilines is 2. The summed E-state index contributed by atoms with van der Waals surface area (Å²) < 4.78 is 31.3. The van der Waals surface area contributed by atoms with Gasteiger partial charge >= 0.3 is 0 Å². The summed E-state index contributed by atoms with van der Waals surface area (Å²) in [6.07, 6.45) is 1.43. The summed E-state index contributed by atoms with van der Waals surface area (Å²) in [5.41, 5.74) is 2.64. The quantitative estimate of drug-likeness (QED) is 0.378. The molecular weight excluding hydrogens is 498 g/mol. The normalized spacial score (nSPS) is 15.6. The molecule has 1 aliphatic heterocycles. The summed E-state index contributed by atoms with van der Waals surface area (Å²) in [6, 6.07) is 21.4. The lowest BCUT2D eigenvalue weighted by molar-refractivity contribution is 0.102. The highest BCUT2D eigenvalue weighted by atomic mass is 35.5. The molecule has 36 heavy (non-hydrogen) atoms. The fraction of sp³-hybridized carbons (Fsp3) is 0. The van der Waals surface area contributed by atoms with E-state index < -0.39 is 10.0 Å². The van der Waals surface area contributed by atoms with E-state index >= 15 is 0 Å². The molecule has 176 valence electrons. The summed E-state index contributed by atoms with van der Waals surface area (Å²) >= 11 is 5.96. The molecule has 0 saturated carbocycles. The fourth-order valence-electron chi connectivity index (χ4n) is 4.45. The zero-order chi connectivity index (χ0) is 25.0. The van der Waals surface area contributed by atoms with Gasteiger partial charge in [-0.1, -0.05) is 48.0 Å². The Morgan fingerprint density at radius 3 is 2.31 bits per heavy atom. The van der Waals surface area contributed by atoms with E-state index in [1.54, 1.807) is 72.8 Å². The number of nitrogens with zero attached hydrogens (tertiary/aromatic N) is 1. The summed E-state index contributed by atoms with van der Waals surface area (Å²) in [6.45, 7) is 0. The molecule has 1 heterocycles. The minimum atomic E-state index is -4.22. The molecule has 0 radical (unpaired) electrons. The van der Waals surface area contributed by atoms with Gasteiger partial charge in [0.15, 0.2) is 0 Å². The van der Waals surface area contributed by atoms with Crippen LogP contribution in [-0.2, 0) is 10.0 Å². The number of carbonyl (C=O) groups is 2. The van der Waals surface area contributed by atoms with Crippen LogP contribution < -0.4 is 10.6 Å². The van der Waals surface area contributed by atoms with Crippen LogP contribution in [0, 0.1) is 0 Å². The van der Waals surface area contributed by atoms with Gasteiger partial charge in [0.25, 0.3) is 15.9 Å². The van der Waals surface area contributed by atoms with E-state index in [-0.39, 0.29) is 28.0 Å². The first-order valence-electron chi connectivity index (χ1n) is 10.9. The van der Waals surface area contributed by atoms with Gasteiger partial charge in [0.05, 0.1) is 16.3 Å². The van der Waals surface area contributed by atoms with Crippen molar-refractivity contribution in [1.29, 1.82) is 0 Å². The number of hydrogen-bond donors (Lipinski definition) is 2. The minimum absolute atomic E-state index is 0.0258. The lowest BCUT2D eigenvalue weighted by Crippen LogP contribution is -2.22. The molecule has 6 rings (SSSR count). The molecular formula is C27H16ClN3O4S. The van der Waals surface area contributed by atoms with E-state index in [9.17, 15) is 18.0 Å². The molecule has 7 nitrogen and oxygen atoms in total. The zero-order valence-electron chi connectivity index (χ0n) is 18.4. The number of fused-ring (bicyclic) bond motifs is 1. The first kappa shape index (κ1) is 22.2. The number of benzene rings is 4. The van der Waals surface area contributed by atoms with Crippen LogP contribution in [0.1, 0.15) is 26.3 Å². The third-order valence-electron chi connectivity index (χ3n) is 6.09. The van der Waals surface area contributed by atoms with Gasteiger partial charge in [0.1, 0.15) is 0 Å². The maximum atomic E-state index is 13.6. The number of sulfonamides is 1. The number of allylic oxidation sites excluding steroid dienone is 2. The number of rotatable bonds is 4. The van der Waals surface area contributed by atoms with Crippen molar-refractivity contribution in [3.63, 3.8) is 0 Å². The number of ketones is 1. The predicted octanol–water partition coefficient (Wildman–Crippen LogP) is 5.43. The molecule has 4 aromatic rings. The maximum Gasteiger partial charge on any atom is 0.283 e. The smallest absolute Gasteiger partial charge is 0.283 e. The molecule has 0 saturated heterocycles. The van der Waals surface area contributed by atoms with Gasteiger partial charge in [-0.15, -0.1) is 0 Å². The average Bonchev–Trinajstić information content (AvgIpc) is 3.20. The number of halogens is 1. The second kappa shape index (κ2) is 8.15. The molecule has 0 bridgehead atoms. The van der Waals surface area contributed by atoms with Gasteiger partial charge < -0.3 is 10.6 Å². The van der Waals surface area contributed by atoms with Crippen molar-refractivity contribution in [2.75, 3.05) is 10.6 Å². The van der Waals surface area contributed by atoms with E-state index in [0.717, 1.165) is 0 Å². The largest absolute Gasteiger partial charge is 0.352 e. The number of Topliss-reactive ketones (excluding diaryl/α,β-unsaturated/α-hetero) is 1. The van der Waals surface area contributed by atoms with Crippen LogP contribution in [0.25, 0.3) is 10.8 Å². The fourth-order valence-corrected chi connectivity index (χ4v) is 5.78. The summed E-state index contributed by atoms with van der Waals surface area (Å²) in [4.78, 5) is 25.4. The second-order valence-electron chi connectivity index (χ2n) is 8.31. The zero-order valence-corrected chi connectivity index (χ0v) is 20.0. The first-order valence-corrected chi connectivity index (χ1v) is 12.7.